The monoisotopic (exact) mass is 470 g/mol. The molecule has 0 spiro atoms. The van der Waals surface area contributed by atoms with Gasteiger partial charge >= 0.3 is 21.4 Å². The van der Waals surface area contributed by atoms with E-state index in [1.165, 1.54) is 0 Å². The molecule has 0 bridgehead atoms. The highest BCUT2D eigenvalue weighted by Gasteiger charge is 2.56. The third kappa shape index (κ3) is 4.71. The summed E-state index contributed by atoms with van der Waals surface area (Å²) in [6, 6.07) is 29.5. The molecular weight excluding hydrogens is 445 g/mol. The SMILES string of the molecule is CO[C@H]1O[C@@H]2COB(c3ccccc3)O[C@H]2[C@@H]2OB(c3ccccc3)OB(c3ccccc3)O[C@@H]12. The average Bonchev–Trinajstić information content (AvgIpc) is 3.15. The number of methoxy groups -OCH3 is 1. The zero-order valence-corrected chi connectivity index (χ0v) is 19.3. The predicted molar refractivity (Wildman–Crippen MR) is 133 cm³/mol. The van der Waals surface area contributed by atoms with Crippen LogP contribution in [0.3, 0.4) is 0 Å². The van der Waals surface area contributed by atoms with Crippen LogP contribution in [0.1, 0.15) is 0 Å². The highest BCUT2D eigenvalue weighted by molar-refractivity contribution is 6.74. The fourth-order valence-electron chi connectivity index (χ4n) is 4.81. The quantitative estimate of drug-likeness (QED) is 0.523. The van der Waals surface area contributed by atoms with Crippen LogP contribution in [-0.2, 0) is 32.7 Å². The van der Waals surface area contributed by atoms with Crippen LogP contribution in [0.2, 0.25) is 0 Å². The van der Waals surface area contributed by atoms with E-state index >= 15 is 0 Å². The molecular formula is C25H25B3O7. The van der Waals surface area contributed by atoms with E-state index in [0.29, 0.717) is 6.61 Å². The molecule has 0 unspecified atom stereocenters. The number of rotatable bonds is 4. The Labute approximate surface area is 206 Å². The summed E-state index contributed by atoms with van der Waals surface area (Å²) in [4.78, 5) is 0. The normalized spacial score (nSPS) is 28.7. The van der Waals surface area contributed by atoms with Gasteiger partial charge in [0.25, 0.3) is 0 Å². The van der Waals surface area contributed by atoms with E-state index in [1.54, 1.807) is 7.11 Å². The van der Waals surface area contributed by atoms with Gasteiger partial charge < -0.3 is 32.7 Å². The lowest BCUT2D eigenvalue weighted by Gasteiger charge is -2.48. The van der Waals surface area contributed by atoms with Gasteiger partial charge in [0.05, 0.1) is 18.8 Å². The number of ether oxygens (including phenoxy) is 2. The summed E-state index contributed by atoms with van der Waals surface area (Å²) in [5, 5.41) is 0. The van der Waals surface area contributed by atoms with E-state index in [2.05, 4.69) is 0 Å². The van der Waals surface area contributed by atoms with E-state index in [9.17, 15) is 0 Å². The minimum atomic E-state index is -0.682. The summed E-state index contributed by atoms with van der Waals surface area (Å²) < 4.78 is 44.0. The Morgan fingerprint density at radius 3 is 1.66 bits per heavy atom. The average molecular weight is 470 g/mol. The maximum atomic E-state index is 6.65. The Morgan fingerprint density at radius 1 is 0.629 bits per heavy atom. The number of hydrogen-bond acceptors (Lipinski definition) is 7. The number of hydrogen-bond donors (Lipinski definition) is 0. The molecule has 0 N–H and O–H groups in total. The molecule has 5 atom stereocenters. The maximum Gasteiger partial charge on any atom is 0.494 e. The summed E-state index contributed by atoms with van der Waals surface area (Å²) in [5.41, 5.74) is 2.70. The smallest absolute Gasteiger partial charge is 0.443 e. The van der Waals surface area contributed by atoms with Crippen molar-refractivity contribution in [3.63, 3.8) is 0 Å². The van der Waals surface area contributed by atoms with Crippen molar-refractivity contribution < 1.29 is 32.7 Å². The second kappa shape index (κ2) is 10.3. The molecule has 10 heteroatoms. The summed E-state index contributed by atoms with van der Waals surface area (Å²) in [6.07, 6.45) is -2.61. The Morgan fingerprint density at radius 2 is 1.11 bits per heavy atom. The molecule has 3 aliphatic rings. The molecule has 0 saturated carbocycles. The molecule has 3 aliphatic heterocycles. The van der Waals surface area contributed by atoms with Crippen LogP contribution in [0.5, 0.6) is 0 Å². The molecule has 0 aromatic heterocycles. The van der Waals surface area contributed by atoms with Crippen molar-refractivity contribution in [3.8, 4) is 0 Å². The maximum absolute atomic E-state index is 6.65. The van der Waals surface area contributed by atoms with Crippen LogP contribution in [0, 0.1) is 0 Å². The minimum Gasteiger partial charge on any atom is -0.443 e. The highest BCUT2D eigenvalue weighted by atomic mass is 16.8. The standard InChI is InChI=1S/C25H25B3O7/c1-29-25-24-23(22-21(31-25)17-30-26(32-22)18-11-5-2-6-12-18)33-27(19-13-7-3-8-14-19)35-28(34-24)20-15-9-4-10-16-20/h2-16,21-25H,17H2,1H3/t21-,22-,23+,24-,25+/m1/s1. The van der Waals surface area contributed by atoms with Crippen molar-refractivity contribution >= 4 is 37.7 Å². The summed E-state index contributed by atoms with van der Waals surface area (Å²) >= 11 is 0. The Hall–Kier alpha value is -2.43. The molecule has 3 aromatic carbocycles. The van der Waals surface area contributed by atoms with E-state index in [0.717, 1.165) is 16.4 Å². The Kier molecular flexibility index (Phi) is 6.76. The van der Waals surface area contributed by atoms with E-state index in [-0.39, 0.29) is 6.10 Å². The number of benzene rings is 3. The van der Waals surface area contributed by atoms with Crippen molar-refractivity contribution in [1.82, 2.24) is 0 Å². The molecule has 6 rings (SSSR count). The van der Waals surface area contributed by atoms with Gasteiger partial charge in [-0.25, -0.2) is 0 Å². The van der Waals surface area contributed by atoms with Crippen LogP contribution < -0.4 is 16.4 Å². The molecule has 35 heavy (non-hydrogen) atoms. The molecule has 0 radical (unpaired) electrons. The van der Waals surface area contributed by atoms with E-state index in [1.807, 2.05) is 91.0 Å². The second-order valence-corrected chi connectivity index (χ2v) is 8.78. The topological polar surface area (TPSA) is 64.6 Å². The highest BCUT2D eigenvalue weighted by Crippen LogP contribution is 2.33. The van der Waals surface area contributed by atoms with Gasteiger partial charge in [0, 0.05) is 7.11 Å². The summed E-state index contributed by atoms with van der Waals surface area (Å²) in [7, 11) is -0.289. The molecule has 0 amide bonds. The van der Waals surface area contributed by atoms with Crippen LogP contribution in [0.25, 0.3) is 0 Å². The van der Waals surface area contributed by atoms with Gasteiger partial charge in [-0.05, 0) is 16.4 Å². The van der Waals surface area contributed by atoms with Gasteiger partial charge in [-0.15, -0.1) is 0 Å². The third-order valence-electron chi connectivity index (χ3n) is 6.54. The molecule has 0 aliphatic carbocycles. The Balaban J connectivity index is 1.36. The Bertz CT molecular complexity index is 1090. The van der Waals surface area contributed by atoms with Gasteiger partial charge in [0.15, 0.2) is 6.29 Å². The first-order valence-electron chi connectivity index (χ1n) is 11.9. The largest absolute Gasteiger partial charge is 0.494 e. The van der Waals surface area contributed by atoms with Crippen LogP contribution in [0.4, 0.5) is 0 Å². The van der Waals surface area contributed by atoms with Crippen molar-refractivity contribution in [2.24, 2.45) is 0 Å². The van der Waals surface area contributed by atoms with Crippen LogP contribution in [0.15, 0.2) is 91.0 Å². The molecule has 3 saturated heterocycles. The predicted octanol–water partition coefficient (Wildman–Crippen LogP) is 0.760. The van der Waals surface area contributed by atoms with Gasteiger partial charge in [0.2, 0.25) is 0 Å². The molecule has 3 aromatic rings. The van der Waals surface area contributed by atoms with Gasteiger partial charge in [-0.3, -0.25) is 0 Å². The lowest BCUT2D eigenvalue weighted by Crippen LogP contribution is -2.67. The third-order valence-corrected chi connectivity index (χ3v) is 6.54. The number of fused-ring (bicyclic) bond motifs is 3. The summed E-state index contributed by atoms with van der Waals surface area (Å²) in [5.74, 6) is 0. The first-order chi connectivity index (χ1) is 17.3. The van der Waals surface area contributed by atoms with Gasteiger partial charge in [-0.1, -0.05) is 91.0 Å². The molecule has 3 fully saturated rings. The zero-order valence-electron chi connectivity index (χ0n) is 19.3. The van der Waals surface area contributed by atoms with Gasteiger partial charge in [-0.2, -0.15) is 0 Å². The molecule has 3 heterocycles. The van der Waals surface area contributed by atoms with E-state index < -0.39 is 46.0 Å². The fraction of sp³-hybridized carbons (Fsp3) is 0.280. The fourth-order valence-corrected chi connectivity index (χ4v) is 4.81. The molecule has 7 nitrogen and oxygen atoms in total. The first kappa shape index (κ1) is 23.0. The van der Waals surface area contributed by atoms with Crippen molar-refractivity contribution in [1.29, 1.82) is 0 Å². The van der Waals surface area contributed by atoms with Crippen molar-refractivity contribution in [3.05, 3.63) is 91.0 Å². The van der Waals surface area contributed by atoms with Crippen LogP contribution in [-0.4, -0.2) is 65.8 Å². The van der Waals surface area contributed by atoms with Gasteiger partial charge in [0.1, 0.15) is 12.2 Å². The van der Waals surface area contributed by atoms with E-state index in [4.69, 9.17) is 32.7 Å². The molecule has 176 valence electrons. The zero-order chi connectivity index (χ0) is 23.6. The summed E-state index contributed by atoms with van der Waals surface area (Å²) in [6.45, 7) is 0.343. The second-order valence-electron chi connectivity index (χ2n) is 8.78. The first-order valence-corrected chi connectivity index (χ1v) is 11.9. The lowest BCUT2D eigenvalue weighted by molar-refractivity contribution is -0.289. The minimum absolute atomic E-state index is 0.343. The lowest BCUT2D eigenvalue weighted by atomic mass is 9.71. The van der Waals surface area contributed by atoms with Crippen molar-refractivity contribution in [2.75, 3.05) is 13.7 Å². The van der Waals surface area contributed by atoms with Crippen LogP contribution >= 0.6 is 0 Å². The van der Waals surface area contributed by atoms with Crippen molar-refractivity contribution in [2.45, 2.75) is 30.7 Å².